The number of anilines is 1. The second kappa shape index (κ2) is 4.26. The molecule has 1 aliphatic rings. The Morgan fingerprint density at radius 2 is 2.25 bits per heavy atom. The number of amides is 1. The predicted molar refractivity (Wildman–Crippen MR) is 66.0 cm³/mol. The fourth-order valence-electron chi connectivity index (χ4n) is 1.59. The highest BCUT2D eigenvalue weighted by molar-refractivity contribution is 6.31. The highest BCUT2D eigenvalue weighted by atomic mass is 35.5. The molecule has 4 heteroatoms. The third kappa shape index (κ3) is 1.95. The zero-order valence-corrected chi connectivity index (χ0v) is 10.1. The third-order valence-electron chi connectivity index (χ3n) is 2.64. The van der Waals surface area contributed by atoms with E-state index in [9.17, 15) is 4.79 Å². The Kier molecular flexibility index (Phi) is 2.97. The van der Waals surface area contributed by atoms with Crippen molar-refractivity contribution >= 4 is 28.9 Å². The minimum Gasteiger partial charge on any atom is -0.272 e. The van der Waals surface area contributed by atoms with Gasteiger partial charge in [0.15, 0.2) is 0 Å². The number of hydrazone groups is 1. The van der Waals surface area contributed by atoms with E-state index in [2.05, 4.69) is 5.10 Å². The first-order chi connectivity index (χ1) is 7.61. The number of aryl methyl sites for hydroxylation is 1. The van der Waals surface area contributed by atoms with Crippen LogP contribution in [-0.4, -0.2) is 11.6 Å². The van der Waals surface area contributed by atoms with Gasteiger partial charge < -0.3 is 0 Å². The van der Waals surface area contributed by atoms with E-state index in [1.54, 1.807) is 6.07 Å². The summed E-state index contributed by atoms with van der Waals surface area (Å²) in [7, 11) is 0. The fourth-order valence-corrected chi connectivity index (χ4v) is 1.77. The number of nitrogens with zero attached hydrogens (tertiary/aromatic N) is 2. The van der Waals surface area contributed by atoms with Crippen molar-refractivity contribution in [3.63, 3.8) is 0 Å². The molecule has 2 rings (SSSR count). The fraction of sp³-hybridized carbons (Fsp3) is 0.333. The van der Waals surface area contributed by atoms with E-state index >= 15 is 0 Å². The third-order valence-corrected chi connectivity index (χ3v) is 3.05. The number of halogens is 1. The van der Waals surface area contributed by atoms with Crippen LogP contribution in [0.15, 0.2) is 23.3 Å². The summed E-state index contributed by atoms with van der Waals surface area (Å²) in [5.74, 6) is 0.0109. The Morgan fingerprint density at radius 3 is 2.81 bits per heavy atom. The summed E-state index contributed by atoms with van der Waals surface area (Å²) in [6, 6.07) is 5.53. The van der Waals surface area contributed by atoms with Crippen molar-refractivity contribution in [2.24, 2.45) is 5.10 Å². The van der Waals surface area contributed by atoms with E-state index in [0.717, 1.165) is 23.4 Å². The number of hydrogen-bond acceptors (Lipinski definition) is 2. The van der Waals surface area contributed by atoms with Crippen LogP contribution < -0.4 is 5.01 Å². The summed E-state index contributed by atoms with van der Waals surface area (Å²) in [4.78, 5) is 11.7. The molecule has 0 atom stereocenters. The zero-order chi connectivity index (χ0) is 11.7. The van der Waals surface area contributed by atoms with Gasteiger partial charge in [0.25, 0.3) is 5.91 Å². The van der Waals surface area contributed by atoms with Crippen molar-refractivity contribution in [3.8, 4) is 0 Å². The van der Waals surface area contributed by atoms with Gasteiger partial charge in [0.05, 0.1) is 12.1 Å². The van der Waals surface area contributed by atoms with Crippen molar-refractivity contribution in [1.82, 2.24) is 0 Å². The molecule has 1 aromatic carbocycles. The van der Waals surface area contributed by atoms with Crippen LogP contribution in [0.1, 0.15) is 25.3 Å². The smallest absolute Gasteiger partial charge is 0.253 e. The summed E-state index contributed by atoms with van der Waals surface area (Å²) >= 11 is 6.02. The molecule has 0 saturated carbocycles. The molecule has 16 heavy (non-hydrogen) atoms. The molecule has 0 spiro atoms. The van der Waals surface area contributed by atoms with E-state index in [-0.39, 0.29) is 5.91 Å². The molecule has 0 saturated heterocycles. The molecule has 1 heterocycles. The first-order valence-electron chi connectivity index (χ1n) is 5.27. The lowest BCUT2D eigenvalue weighted by Crippen LogP contribution is -2.19. The van der Waals surface area contributed by atoms with Gasteiger partial charge in [0.2, 0.25) is 0 Å². The van der Waals surface area contributed by atoms with Crippen LogP contribution in [0.3, 0.4) is 0 Å². The minimum absolute atomic E-state index is 0.0109. The van der Waals surface area contributed by atoms with Crippen LogP contribution in [-0.2, 0) is 4.79 Å². The van der Waals surface area contributed by atoms with Gasteiger partial charge in [-0.15, -0.1) is 0 Å². The molecule has 3 nitrogen and oxygen atoms in total. The predicted octanol–water partition coefficient (Wildman–Crippen LogP) is 3.15. The Morgan fingerprint density at radius 1 is 1.50 bits per heavy atom. The van der Waals surface area contributed by atoms with Crippen molar-refractivity contribution in [1.29, 1.82) is 0 Å². The largest absolute Gasteiger partial charge is 0.272 e. The molecule has 0 unspecified atom stereocenters. The van der Waals surface area contributed by atoms with Crippen molar-refractivity contribution in [3.05, 3.63) is 28.8 Å². The maximum absolute atomic E-state index is 11.7. The van der Waals surface area contributed by atoms with Crippen LogP contribution in [0.5, 0.6) is 0 Å². The molecule has 0 fully saturated rings. The van der Waals surface area contributed by atoms with E-state index < -0.39 is 0 Å². The second-order valence-electron chi connectivity index (χ2n) is 3.84. The maximum atomic E-state index is 11.7. The number of carbonyl (C=O) groups is 1. The SMILES string of the molecule is CCC1=NN(c2ccc(C)c(Cl)c2)C(=O)C1. The van der Waals surface area contributed by atoms with Crippen LogP contribution in [0.25, 0.3) is 0 Å². The molecule has 0 bridgehead atoms. The van der Waals surface area contributed by atoms with Crippen molar-refractivity contribution < 1.29 is 4.79 Å². The summed E-state index contributed by atoms with van der Waals surface area (Å²) in [5.41, 5.74) is 2.66. The average Bonchev–Trinajstić information content (AvgIpc) is 2.64. The molecular weight excluding hydrogens is 224 g/mol. The zero-order valence-electron chi connectivity index (χ0n) is 9.33. The minimum atomic E-state index is 0.0109. The summed E-state index contributed by atoms with van der Waals surface area (Å²) in [6.07, 6.45) is 1.23. The quantitative estimate of drug-likeness (QED) is 0.777. The van der Waals surface area contributed by atoms with Crippen LogP contribution in [0.2, 0.25) is 5.02 Å². The Balaban J connectivity index is 2.34. The van der Waals surface area contributed by atoms with Gasteiger partial charge in [-0.25, -0.2) is 5.01 Å². The summed E-state index contributed by atoms with van der Waals surface area (Å²) < 4.78 is 0. The van der Waals surface area contributed by atoms with Crippen molar-refractivity contribution in [2.75, 3.05) is 5.01 Å². The molecule has 1 amide bonds. The summed E-state index contributed by atoms with van der Waals surface area (Å²) in [6.45, 7) is 3.93. The van der Waals surface area contributed by atoms with Crippen LogP contribution in [0, 0.1) is 6.92 Å². The normalized spacial score (nSPS) is 15.6. The molecule has 0 aromatic heterocycles. The Bertz CT molecular complexity index is 468. The van der Waals surface area contributed by atoms with Crippen LogP contribution >= 0.6 is 11.6 Å². The van der Waals surface area contributed by atoms with Crippen molar-refractivity contribution in [2.45, 2.75) is 26.7 Å². The Labute approximate surface area is 99.7 Å². The lowest BCUT2D eigenvalue weighted by molar-refractivity contribution is -0.116. The van der Waals surface area contributed by atoms with Gasteiger partial charge in [0.1, 0.15) is 0 Å². The van der Waals surface area contributed by atoms with Gasteiger partial charge in [-0.2, -0.15) is 5.10 Å². The van der Waals surface area contributed by atoms with Gasteiger partial charge >= 0.3 is 0 Å². The maximum Gasteiger partial charge on any atom is 0.253 e. The highest BCUT2D eigenvalue weighted by Crippen LogP contribution is 2.26. The van der Waals surface area contributed by atoms with E-state index in [1.807, 2.05) is 26.0 Å². The molecule has 0 radical (unpaired) electrons. The highest BCUT2D eigenvalue weighted by Gasteiger charge is 2.24. The number of rotatable bonds is 2. The lowest BCUT2D eigenvalue weighted by atomic mass is 10.2. The Hall–Kier alpha value is -1.35. The summed E-state index contributed by atoms with van der Waals surface area (Å²) in [5, 5.41) is 6.36. The van der Waals surface area contributed by atoms with E-state index in [4.69, 9.17) is 11.6 Å². The standard InChI is InChI=1S/C12H13ClN2O/c1-3-9-6-12(16)15(14-9)10-5-4-8(2)11(13)7-10/h4-5,7H,3,6H2,1-2H3. The second-order valence-corrected chi connectivity index (χ2v) is 4.24. The number of benzene rings is 1. The molecule has 1 aromatic rings. The average molecular weight is 237 g/mol. The monoisotopic (exact) mass is 236 g/mol. The molecular formula is C12H13ClN2O. The lowest BCUT2D eigenvalue weighted by Gasteiger charge is -2.12. The number of carbonyl (C=O) groups excluding carboxylic acids is 1. The number of hydrogen-bond donors (Lipinski definition) is 0. The van der Waals surface area contributed by atoms with Crippen LogP contribution in [0.4, 0.5) is 5.69 Å². The first kappa shape index (κ1) is 11.1. The van der Waals surface area contributed by atoms with E-state index in [1.165, 1.54) is 5.01 Å². The molecule has 84 valence electrons. The van der Waals surface area contributed by atoms with Gasteiger partial charge in [-0.05, 0) is 31.0 Å². The van der Waals surface area contributed by atoms with E-state index in [0.29, 0.717) is 11.4 Å². The van der Waals surface area contributed by atoms with Gasteiger partial charge in [-0.1, -0.05) is 24.6 Å². The molecule has 0 N–H and O–H groups in total. The molecule has 1 aliphatic heterocycles. The van der Waals surface area contributed by atoms with Gasteiger partial charge in [-0.3, -0.25) is 4.79 Å². The topological polar surface area (TPSA) is 32.7 Å². The van der Waals surface area contributed by atoms with Gasteiger partial charge in [0, 0.05) is 10.7 Å². The first-order valence-corrected chi connectivity index (χ1v) is 5.65. The molecule has 0 aliphatic carbocycles.